The fourth-order valence-electron chi connectivity index (χ4n) is 1.79. The van der Waals surface area contributed by atoms with Crippen LogP contribution in [0.3, 0.4) is 0 Å². The zero-order valence-electron chi connectivity index (χ0n) is 12.8. The summed E-state index contributed by atoms with van der Waals surface area (Å²) in [7, 11) is -2.51. The third-order valence-corrected chi connectivity index (χ3v) is 4.33. The molecular weight excluding hydrogens is 308 g/mol. The summed E-state index contributed by atoms with van der Waals surface area (Å²) in [6.45, 7) is 3.58. The molecule has 22 heavy (non-hydrogen) atoms. The van der Waals surface area contributed by atoms with Gasteiger partial charge in [0.25, 0.3) is 5.91 Å². The van der Waals surface area contributed by atoms with Crippen LogP contribution in [0.2, 0.25) is 0 Å². The molecule has 0 spiro atoms. The van der Waals surface area contributed by atoms with E-state index in [0.29, 0.717) is 6.42 Å². The first-order chi connectivity index (χ1) is 10.1. The predicted molar refractivity (Wildman–Crippen MR) is 80.6 cm³/mol. The van der Waals surface area contributed by atoms with Gasteiger partial charge in [0.2, 0.25) is 10.0 Å². The molecule has 1 aromatic rings. The molecule has 0 aliphatic heterocycles. The van der Waals surface area contributed by atoms with Crippen molar-refractivity contribution in [2.45, 2.75) is 37.1 Å². The Bertz CT molecular complexity index is 654. The normalized spacial score (nSPS) is 14.0. The van der Waals surface area contributed by atoms with Gasteiger partial charge >= 0.3 is 5.97 Å². The monoisotopic (exact) mass is 328 g/mol. The number of ether oxygens (including phenoxy) is 1. The SMILES string of the molecule is CCC(C)(CC(=O)OC)NC(=O)c1ccc(S(N)(=O)=O)cc1. The van der Waals surface area contributed by atoms with Crippen molar-refractivity contribution in [2.24, 2.45) is 5.14 Å². The molecule has 3 N–H and O–H groups in total. The smallest absolute Gasteiger partial charge is 0.307 e. The molecule has 1 atom stereocenters. The molecule has 1 amide bonds. The van der Waals surface area contributed by atoms with Gasteiger partial charge < -0.3 is 10.1 Å². The zero-order valence-corrected chi connectivity index (χ0v) is 13.6. The van der Waals surface area contributed by atoms with Gasteiger partial charge in [0.05, 0.1) is 18.4 Å². The molecule has 1 rings (SSSR count). The molecule has 8 heteroatoms. The van der Waals surface area contributed by atoms with Crippen LogP contribution in [0.5, 0.6) is 0 Å². The lowest BCUT2D eigenvalue weighted by molar-refractivity contribution is -0.142. The van der Waals surface area contributed by atoms with Gasteiger partial charge in [0, 0.05) is 11.1 Å². The molecule has 0 saturated heterocycles. The molecule has 0 bridgehead atoms. The molecule has 0 radical (unpaired) electrons. The third kappa shape index (κ3) is 4.81. The summed E-state index contributed by atoms with van der Waals surface area (Å²) in [6.07, 6.45) is 0.574. The third-order valence-electron chi connectivity index (χ3n) is 3.40. The molecule has 0 fully saturated rings. The number of amides is 1. The number of methoxy groups -OCH3 is 1. The number of esters is 1. The summed E-state index contributed by atoms with van der Waals surface area (Å²) < 4.78 is 27.0. The van der Waals surface area contributed by atoms with Crippen LogP contribution in [-0.4, -0.2) is 32.9 Å². The van der Waals surface area contributed by atoms with Crippen LogP contribution >= 0.6 is 0 Å². The molecule has 0 heterocycles. The van der Waals surface area contributed by atoms with Crippen molar-refractivity contribution in [3.8, 4) is 0 Å². The van der Waals surface area contributed by atoms with Gasteiger partial charge in [0.15, 0.2) is 0 Å². The Kier molecular flexibility index (Phi) is 5.67. The summed E-state index contributed by atoms with van der Waals surface area (Å²) in [5, 5.41) is 7.76. The molecule has 0 aromatic heterocycles. The maximum absolute atomic E-state index is 12.2. The van der Waals surface area contributed by atoms with Gasteiger partial charge in [-0.2, -0.15) is 0 Å². The van der Waals surface area contributed by atoms with E-state index in [9.17, 15) is 18.0 Å². The summed E-state index contributed by atoms with van der Waals surface area (Å²) in [5.41, 5.74) is -0.472. The number of nitrogens with one attached hydrogen (secondary N) is 1. The van der Waals surface area contributed by atoms with E-state index in [1.807, 2.05) is 6.92 Å². The Morgan fingerprint density at radius 1 is 1.27 bits per heavy atom. The van der Waals surface area contributed by atoms with E-state index < -0.39 is 27.4 Å². The fourth-order valence-corrected chi connectivity index (χ4v) is 2.31. The van der Waals surface area contributed by atoms with Gasteiger partial charge in [-0.25, -0.2) is 13.6 Å². The van der Waals surface area contributed by atoms with E-state index in [4.69, 9.17) is 5.14 Å². The minimum atomic E-state index is -3.80. The number of primary sulfonamides is 1. The average molecular weight is 328 g/mol. The number of nitrogens with two attached hydrogens (primary N) is 1. The van der Waals surface area contributed by atoms with Crippen molar-refractivity contribution >= 4 is 21.9 Å². The summed E-state index contributed by atoms with van der Waals surface area (Å²) >= 11 is 0. The quantitative estimate of drug-likeness (QED) is 0.749. The summed E-state index contributed by atoms with van der Waals surface area (Å²) in [4.78, 5) is 23.5. The maximum Gasteiger partial charge on any atom is 0.307 e. The van der Waals surface area contributed by atoms with E-state index in [2.05, 4.69) is 10.1 Å². The van der Waals surface area contributed by atoms with E-state index >= 15 is 0 Å². The lowest BCUT2D eigenvalue weighted by atomic mass is 9.94. The second-order valence-electron chi connectivity index (χ2n) is 5.19. The highest BCUT2D eigenvalue weighted by Gasteiger charge is 2.28. The van der Waals surface area contributed by atoms with Gasteiger partial charge in [-0.1, -0.05) is 6.92 Å². The summed E-state index contributed by atoms with van der Waals surface area (Å²) in [5.74, 6) is -0.830. The van der Waals surface area contributed by atoms with Gasteiger partial charge in [0.1, 0.15) is 0 Å². The maximum atomic E-state index is 12.2. The Hall–Kier alpha value is -1.93. The fraction of sp³-hybridized carbons (Fsp3) is 0.429. The van der Waals surface area contributed by atoms with Crippen molar-refractivity contribution < 1.29 is 22.7 Å². The number of carbonyl (C=O) groups is 2. The van der Waals surface area contributed by atoms with Crippen LogP contribution in [0.15, 0.2) is 29.2 Å². The number of carbonyl (C=O) groups excluding carboxylic acids is 2. The van der Waals surface area contributed by atoms with Crippen molar-refractivity contribution in [3.63, 3.8) is 0 Å². The number of hydrogen-bond acceptors (Lipinski definition) is 5. The Morgan fingerprint density at radius 3 is 2.23 bits per heavy atom. The zero-order chi connectivity index (χ0) is 17.0. The Labute approximate surface area is 129 Å². The van der Waals surface area contributed by atoms with Crippen molar-refractivity contribution in [2.75, 3.05) is 7.11 Å². The van der Waals surface area contributed by atoms with Crippen LogP contribution in [0.1, 0.15) is 37.0 Å². The van der Waals surface area contributed by atoms with Gasteiger partial charge in [-0.05, 0) is 37.6 Å². The van der Waals surface area contributed by atoms with Crippen LogP contribution in [0.4, 0.5) is 0 Å². The lowest BCUT2D eigenvalue weighted by Crippen LogP contribution is -2.47. The second-order valence-corrected chi connectivity index (χ2v) is 6.75. The molecule has 0 saturated carbocycles. The molecule has 7 nitrogen and oxygen atoms in total. The van der Waals surface area contributed by atoms with Crippen LogP contribution < -0.4 is 10.5 Å². The molecule has 1 aromatic carbocycles. The highest BCUT2D eigenvalue weighted by Crippen LogP contribution is 2.17. The van der Waals surface area contributed by atoms with Crippen molar-refractivity contribution in [1.82, 2.24) is 5.32 Å². The molecule has 1 unspecified atom stereocenters. The van der Waals surface area contributed by atoms with Crippen LogP contribution in [-0.2, 0) is 19.6 Å². The van der Waals surface area contributed by atoms with Crippen molar-refractivity contribution in [3.05, 3.63) is 29.8 Å². The largest absolute Gasteiger partial charge is 0.469 e. The van der Waals surface area contributed by atoms with E-state index in [-0.39, 0.29) is 16.9 Å². The van der Waals surface area contributed by atoms with Crippen LogP contribution in [0.25, 0.3) is 0 Å². The van der Waals surface area contributed by atoms with E-state index in [1.165, 1.54) is 31.4 Å². The van der Waals surface area contributed by atoms with Gasteiger partial charge in [-0.3, -0.25) is 9.59 Å². The van der Waals surface area contributed by atoms with E-state index in [1.54, 1.807) is 6.92 Å². The predicted octanol–water partition coefficient (Wildman–Crippen LogP) is 0.796. The standard InChI is InChI=1S/C14H20N2O5S/c1-4-14(2,9-12(17)21-3)16-13(18)10-5-7-11(8-6-10)22(15,19)20/h5-8H,4,9H2,1-3H3,(H,16,18)(H2,15,19,20). The number of benzene rings is 1. The van der Waals surface area contributed by atoms with Crippen molar-refractivity contribution in [1.29, 1.82) is 0 Å². The Morgan fingerprint density at radius 2 is 1.82 bits per heavy atom. The molecule has 122 valence electrons. The lowest BCUT2D eigenvalue weighted by Gasteiger charge is -2.28. The van der Waals surface area contributed by atoms with E-state index in [0.717, 1.165) is 0 Å². The minimum absolute atomic E-state index is 0.0427. The Balaban J connectivity index is 2.89. The second kappa shape index (κ2) is 6.89. The average Bonchev–Trinajstić information content (AvgIpc) is 2.46. The van der Waals surface area contributed by atoms with Gasteiger partial charge in [-0.15, -0.1) is 0 Å². The summed E-state index contributed by atoms with van der Waals surface area (Å²) in [6, 6.07) is 5.24. The highest BCUT2D eigenvalue weighted by molar-refractivity contribution is 7.89. The number of rotatable bonds is 6. The highest BCUT2D eigenvalue weighted by atomic mass is 32.2. The first-order valence-electron chi connectivity index (χ1n) is 6.63. The topological polar surface area (TPSA) is 116 Å². The molecule has 0 aliphatic carbocycles. The minimum Gasteiger partial charge on any atom is -0.469 e. The first-order valence-corrected chi connectivity index (χ1v) is 8.18. The molecule has 0 aliphatic rings. The number of sulfonamides is 1. The van der Waals surface area contributed by atoms with Crippen LogP contribution in [0, 0.1) is 0 Å². The number of hydrogen-bond donors (Lipinski definition) is 2. The first kappa shape index (κ1) is 18.1. The molecular formula is C14H20N2O5S.